The van der Waals surface area contributed by atoms with E-state index in [1.165, 1.54) is 34.2 Å². The topological polar surface area (TPSA) is 122 Å². The minimum absolute atomic E-state index is 0.0473. The third kappa shape index (κ3) is 5.16. The number of primary sulfonamides is 1. The molecule has 0 spiro atoms. The molecule has 0 fully saturated rings. The summed E-state index contributed by atoms with van der Waals surface area (Å²) in [5.74, 6) is 0.0570. The van der Waals surface area contributed by atoms with Crippen molar-refractivity contribution >= 4 is 39.3 Å². The smallest absolute Gasteiger partial charge is 0.280 e. The van der Waals surface area contributed by atoms with Crippen LogP contribution >= 0.6 is 0 Å². The maximum Gasteiger partial charge on any atom is 0.280 e. The number of benzene rings is 2. The van der Waals surface area contributed by atoms with Crippen LogP contribution in [0.2, 0.25) is 0 Å². The molecule has 0 saturated carbocycles. The molecule has 31 heavy (non-hydrogen) atoms. The van der Waals surface area contributed by atoms with E-state index in [0.717, 1.165) is 5.56 Å². The monoisotopic (exact) mass is 442 g/mol. The molecule has 2 amide bonds. The van der Waals surface area contributed by atoms with Gasteiger partial charge in [-0.2, -0.15) is 10.1 Å². The number of anilines is 1. The van der Waals surface area contributed by atoms with Crippen molar-refractivity contribution in [2.45, 2.75) is 11.8 Å². The lowest BCUT2D eigenvalue weighted by Gasteiger charge is -2.12. The Labute approximate surface area is 180 Å². The Hall–Kier alpha value is -3.50. The van der Waals surface area contributed by atoms with Crippen LogP contribution in [0.4, 0.5) is 5.69 Å². The lowest BCUT2D eigenvalue weighted by molar-refractivity contribution is -0.130. The fourth-order valence-corrected chi connectivity index (χ4v) is 3.25. The number of rotatable bonds is 6. The zero-order valence-electron chi connectivity index (χ0n) is 17.3. The van der Waals surface area contributed by atoms with Crippen LogP contribution in [0.3, 0.4) is 0 Å². The molecule has 2 aromatic carbocycles. The summed E-state index contributed by atoms with van der Waals surface area (Å²) < 4.78 is 28.2. The molecule has 162 valence electrons. The van der Waals surface area contributed by atoms with Gasteiger partial charge < -0.3 is 9.64 Å². The van der Waals surface area contributed by atoms with Gasteiger partial charge in [0.15, 0.2) is 6.61 Å². The van der Waals surface area contributed by atoms with E-state index in [2.05, 4.69) is 5.10 Å². The molecule has 9 nitrogen and oxygen atoms in total. The number of sulfonamides is 1. The van der Waals surface area contributed by atoms with Gasteiger partial charge in [0.05, 0.1) is 21.9 Å². The number of carbonyl (C=O) groups is 2. The van der Waals surface area contributed by atoms with E-state index in [-0.39, 0.29) is 23.3 Å². The van der Waals surface area contributed by atoms with Gasteiger partial charge in [0, 0.05) is 14.1 Å². The Morgan fingerprint density at radius 1 is 1.13 bits per heavy atom. The first kappa shape index (κ1) is 22.2. The average molecular weight is 442 g/mol. The highest BCUT2D eigenvalue weighted by Gasteiger charge is 2.28. The van der Waals surface area contributed by atoms with Gasteiger partial charge in [0.25, 0.3) is 11.8 Å². The Morgan fingerprint density at radius 3 is 2.29 bits per heavy atom. The third-order valence-electron chi connectivity index (χ3n) is 4.52. The van der Waals surface area contributed by atoms with E-state index < -0.39 is 10.0 Å². The number of hydrazone groups is 1. The van der Waals surface area contributed by atoms with Gasteiger partial charge >= 0.3 is 0 Å². The molecule has 0 atom stereocenters. The molecule has 0 aromatic heterocycles. The number of hydrogen-bond acceptors (Lipinski definition) is 6. The Kier molecular flexibility index (Phi) is 6.23. The summed E-state index contributed by atoms with van der Waals surface area (Å²) in [6, 6.07) is 12.6. The number of ether oxygens (including phenoxy) is 1. The molecular weight excluding hydrogens is 420 g/mol. The number of amides is 2. The first-order valence-electron chi connectivity index (χ1n) is 9.24. The predicted molar refractivity (Wildman–Crippen MR) is 117 cm³/mol. The normalized spacial score (nSPS) is 15.2. The molecule has 2 N–H and O–H groups in total. The summed E-state index contributed by atoms with van der Waals surface area (Å²) in [7, 11) is -0.510. The first-order valence-corrected chi connectivity index (χ1v) is 10.8. The molecule has 0 bridgehead atoms. The molecule has 1 heterocycles. The second kappa shape index (κ2) is 8.70. The van der Waals surface area contributed by atoms with Crippen LogP contribution in [0.15, 0.2) is 64.1 Å². The predicted octanol–water partition coefficient (Wildman–Crippen LogP) is 1.61. The summed E-state index contributed by atoms with van der Waals surface area (Å²) in [6.45, 7) is 1.66. The van der Waals surface area contributed by atoms with Crippen molar-refractivity contribution in [1.82, 2.24) is 4.90 Å². The minimum atomic E-state index is -3.82. The first-order chi connectivity index (χ1) is 14.6. The van der Waals surface area contributed by atoms with E-state index in [9.17, 15) is 18.0 Å². The lowest BCUT2D eigenvalue weighted by Crippen LogP contribution is -2.27. The van der Waals surface area contributed by atoms with Gasteiger partial charge in [-0.3, -0.25) is 9.59 Å². The molecule has 1 aliphatic rings. The number of hydrogen-bond donors (Lipinski definition) is 1. The minimum Gasteiger partial charge on any atom is -0.484 e. The Morgan fingerprint density at radius 2 is 1.74 bits per heavy atom. The van der Waals surface area contributed by atoms with Crippen molar-refractivity contribution in [2.24, 2.45) is 10.2 Å². The zero-order valence-corrected chi connectivity index (χ0v) is 18.1. The van der Waals surface area contributed by atoms with E-state index in [1.807, 2.05) is 0 Å². The van der Waals surface area contributed by atoms with E-state index >= 15 is 0 Å². The van der Waals surface area contributed by atoms with Crippen LogP contribution < -0.4 is 14.9 Å². The second-order valence-electron chi connectivity index (χ2n) is 7.05. The van der Waals surface area contributed by atoms with Crippen molar-refractivity contribution < 1.29 is 22.7 Å². The fourth-order valence-electron chi connectivity index (χ4n) is 2.74. The molecule has 0 unspecified atom stereocenters. The van der Waals surface area contributed by atoms with Crippen LogP contribution in [0, 0.1) is 0 Å². The van der Waals surface area contributed by atoms with Gasteiger partial charge in [-0.1, -0.05) is 12.1 Å². The average Bonchev–Trinajstić information content (AvgIpc) is 3.00. The maximum absolute atomic E-state index is 12.8. The zero-order chi connectivity index (χ0) is 22.8. The molecular formula is C21H22N4O5S. The molecule has 2 aromatic rings. The number of nitrogens with zero attached hydrogens (tertiary/aromatic N) is 3. The van der Waals surface area contributed by atoms with Crippen LogP contribution in [-0.4, -0.2) is 51.5 Å². The Bertz CT molecular complexity index is 1170. The molecule has 1 aliphatic heterocycles. The number of nitrogens with two attached hydrogens (primary N) is 1. The quantitative estimate of drug-likeness (QED) is 0.681. The van der Waals surface area contributed by atoms with Gasteiger partial charge in [-0.05, 0) is 55.0 Å². The summed E-state index contributed by atoms with van der Waals surface area (Å²) in [4.78, 5) is 25.8. The van der Waals surface area contributed by atoms with Crippen molar-refractivity contribution in [3.05, 3.63) is 59.7 Å². The summed E-state index contributed by atoms with van der Waals surface area (Å²) in [6.07, 6.45) is 1.70. The second-order valence-corrected chi connectivity index (χ2v) is 8.61. The molecule has 0 radical (unpaired) electrons. The largest absolute Gasteiger partial charge is 0.484 e. The lowest BCUT2D eigenvalue weighted by atomic mass is 10.1. The summed E-state index contributed by atoms with van der Waals surface area (Å²) in [5.41, 5.74) is 2.12. The number of carbonyl (C=O) groups excluding carboxylic acids is 2. The summed E-state index contributed by atoms with van der Waals surface area (Å²) in [5, 5.41) is 10.6. The van der Waals surface area contributed by atoms with Crippen LogP contribution in [-0.2, 0) is 19.6 Å². The number of likely N-dealkylation sites (N-methyl/N-ethyl adjacent to an activating group) is 1. The molecule has 3 rings (SSSR count). The van der Waals surface area contributed by atoms with Gasteiger partial charge in [0.1, 0.15) is 5.75 Å². The Balaban J connectivity index is 1.74. The molecule has 0 saturated heterocycles. The third-order valence-corrected chi connectivity index (χ3v) is 5.45. The molecule has 0 aliphatic carbocycles. The van der Waals surface area contributed by atoms with E-state index in [1.54, 1.807) is 51.4 Å². The van der Waals surface area contributed by atoms with Crippen molar-refractivity contribution in [2.75, 3.05) is 25.7 Å². The van der Waals surface area contributed by atoms with Crippen molar-refractivity contribution in [3.63, 3.8) is 0 Å². The van der Waals surface area contributed by atoms with Crippen LogP contribution in [0.25, 0.3) is 6.08 Å². The van der Waals surface area contributed by atoms with Gasteiger partial charge in [0.2, 0.25) is 10.0 Å². The van der Waals surface area contributed by atoms with Crippen LogP contribution in [0.5, 0.6) is 5.75 Å². The highest BCUT2D eigenvalue weighted by atomic mass is 32.2. The molecule has 10 heteroatoms. The fraction of sp³-hybridized carbons (Fsp3) is 0.190. The van der Waals surface area contributed by atoms with Crippen molar-refractivity contribution in [1.29, 1.82) is 0 Å². The van der Waals surface area contributed by atoms with E-state index in [4.69, 9.17) is 9.88 Å². The highest BCUT2D eigenvalue weighted by Crippen LogP contribution is 2.26. The van der Waals surface area contributed by atoms with Gasteiger partial charge in [-0.15, -0.1) is 0 Å². The van der Waals surface area contributed by atoms with E-state index in [0.29, 0.717) is 22.7 Å². The standard InChI is InChI=1S/C21H22N4O5S/c1-14-19(12-15-4-8-17(9-5-15)30-13-20(26)24(2)3)21(27)25(23-14)16-6-10-18(11-7-16)31(22,28)29/h4-12H,13H2,1-3H3,(H2,22,28,29)/b19-12-. The van der Waals surface area contributed by atoms with Gasteiger partial charge in [-0.25, -0.2) is 13.6 Å². The summed E-state index contributed by atoms with van der Waals surface area (Å²) >= 11 is 0. The van der Waals surface area contributed by atoms with Crippen molar-refractivity contribution in [3.8, 4) is 5.75 Å². The highest BCUT2D eigenvalue weighted by molar-refractivity contribution is 7.89. The SMILES string of the molecule is CC1=NN(c2ccc(S(N)(=O)=O)cc2)C(=O)/C1=C\c1ccc(OCC(=O)N(C)C)cc1. The van der Waals surface area contributed by atoms with Crippen LogP contribution in [0.1, 0.15) is 12.5 Å². The maximum atomic E-state index is 12.8.